The Hall–Kier alpha value is 0.350. The number of rotatable bonds is 1. The molecule has 1 heterocycles. The number of thioether (sulfide) groups is 1. The van der Waals surface area contributed by atoms with Crippen molar-refractivity contribution in [2.75, 3.05) is 5.75 Å². The molecule has 2 rings (SSSR count). The van der Waals surface area contributed by atoms with Crippen molar-refractivity contribution in [1.82, 2.24) is 0 Å². The van der Waals surface area contributed by atoms with Crippen LogP contribution in [-0.2, 0) is 0 Å². The van der Waals surface area contributed by atoms with Crippen LogP contribution in [0.4, 0.5) is 0 Å². The molecule has 1 unspecified atom stereocenters. The maximum absolute atomic E-state index is 2.27. The predicted octanol–water partition coefficient (Wildman–Crippen LogP) is 3.85. The Bertz CT molecular complexity index is 105. The van der Waals surface area contributed by atoms with Crippen LogP contribution in [0.1, 0.15) is 51.4 Å². The van der Waals surface area contributed by atoms with E-state index in [1.54, 1.807) is 0 Å². The van der Waals surface area contributed by atoms with E-state index in [-0.39, 0.29) is 0 Å². The van der Waals surface area contributed by atoms with Crippen molar-refractivity contribution < 1.29 is 0 Å². The molecule has 1 saturated carbocycles. The van der Waals surface area contributed by atoms with Crippen LogP contribution in [0.5, 0.6) is 0 Å². The molecule has 70 valence electrons. The van der Waals surface area contributed by atoms with Gasteiger partial charge in [-0.1, -0.05) is 25.7 Å². The van der Waals surface area contributed by atoms with Crippen molar-refractivity contribution in [2.45, 2.75) is 56.6 Å². The standard InChI is InChI=1S/C11H20S/c1-2-6-10(7-3-1)11-8-4-5-9-12-11/h10-11H,1-9H2. The SMILES string of the molecule is C1CCC(C2CCCCS2)CC1. The summed E-state index contributed by atoms with van der Waals surface area (Å²) in [7, 11) is 0. The average molecular weight is 184 g/mol. The fourth-order valence-corrected chi connectivity index (χ4v) is 4.19. The van der Waals surface area contributed by atoms with Crippen molar-refractivity contribution in [1.29, 1.82) is 0 Å². The summed E-state index contributed by atoms with van der Waals surface area (Å²) in [5, 5.41) is 1.05. The summed E-state index contributed by atoms with van der Waals surface area (Å²) in [6, 6.07) is 0. The molecule has 0 nitrogen and oxygen atoms in total. The van der Waals surface area contributed by atoms with E-state index in [0.29, 0.717) is 0 Å². The minimum Gasteiger partial charge on any atom is -0.158 e. The normalized spacial score (nSPS) is 33.5. The Morgan fingerprint density at radius 1 is 0.750 bits per heavy atom. The average Bonchev–Trinajstić information content (AvgIpc) is 2.21. The highest BCUT2D eigenvalue weighted by molar-refractivity contribution is 7.99. The summed E-state index contributed by atoms with van der Waals surface area (Å²) in [6.07, 6.45) is 12.1. The highest BCUT2D eigenvalue weighted by Crippen LogP contribution is 2.37. The number of hydrogen-bond donors (Lipinski definition) is 0. The van der Waals surface area contributed by atoms with E-state index < -0.39 is 0 Å². The number of hydrogen-bond acceptors (Lipinski definition) is 1. The molecule has 2 fully saturated rings. The van der Waals surface area contributed by atoms with Gasteiger partial charge in [-0.05, 0) is 37.4 Å². The van der Waals surface area contributed by atoms with Crippen LogP contribution in [0.2, 0.25) is 0 Å². The molecule has 0 aromatic heterocycles. The Labute approximate surface area is 80.5 Å². The largest absolute Gasteiger partial charge is 0.158 e. The van der Waals surface area contributed by atoms with E-state index in [1.165, 1.54) is 57.1 Å². The van der Waals surface area contributed by atoms with Crippen LogP contribution in [-0.4, -0.2) is 11.0 Å². The first-order chi connectivity index (χ1) is 5.97. The highest BCUT2D eigenvalue weighted by Gasteiger charge is 2.25. The lowest BCUT2D eigenvalue weighted by Gasteiger charge is -2.32. The molecule has 0 bridgehead atoms. The van der Waals surface area contributed by atoms with Crippen molar-refractivity contribution in [3.8, 4) is 0 Å². The topological polar surface area (TPSA) is 0 Å². The first-order valence-corrected chi connectivity index (χ1v) is 6.63. The van der Waals surface area contributed by atoms with Gasteiger partial charge >= 0.3 is 0 Å². The van der Waals surface area contributed by atoms with Crippen molar-refractivity contribution in [3.63, 3.8) is 0 Å². The molecule has 0 spiro atoms. The van der Waals surface area contributed by atoms with Gasteiger partial charge in [0.05, 0.1) is 0 Å². The Morgan fingerprint density at radius 2 is 1.50 bits per heavy atom. The minimum atomic E-state index is 1.05. The Morgan fingerprint density at radius 3 is 2.17 bits per heavy atom. The van der Waals surface area contributed by atoms with Crippen LogP contribution < -0.4 is 0 Å². The monoisotopic (exact) mass is 184 g/mol. The molecule has 0 aromatic rings. The summed E-state index contributed by atoms with van der Waals surface area (Å²) in [5.41, 5.74) is 0. The maximum Gasteiger partial charge on any atom is 0.00753 e. The van der Waals surface area contributed by atoms with Crippen LogP contribution in [0.15, 0.2) is 0 Å². The lowest BCUT2D eigenvalue weighted by atomic mass is 9.85. The maximum atomic E-state index is 2.27. The molecular formula is C11H20S. The molecule has 12 heavy (non-hydrogen) atoms. The molecule has 0 radical (unpaired) electrons. The molecule has 1 saturated heterocycles. The van der Waals surface area contributed by atoms with Gasteiger partial charge in [-0.15, -0.1) is 0 Å². The molecule has 0 aromatic carbocycles. The molecule has 1 aliphatic heterocycles. The van der Waals surface area contributed by atoms with Gasteiger partial charge in [-0.2, -0.15) is 11.8 Å². The smallest absolute Gasteiger partial charge is 0.00753 e. The zero-order chi connectivity index (χ0) is 8.23. The minimum absolute atomic E-state index is 1.05. The van der Waals surface area contributed by atoms with Gasteiger partial charge in [0.1, 0.15) is 0 Å². The quantitative estimate of drug-likeness (QED) is 0.596. The van der Waals surface area contributed by atoms with Gasteiger partial charge < -0.3 is 0 Å². The van der Waals surface area contributed by atoms with Gasteiger partial charge in [0.2, 0.25) is 0 Å². The van der Waals surface area contributed by atoms with Crippen molar-refractivity contribution >= 4 is 11.8 Å². The second-order valence-electron chi connectivity index (χ2n) is 4.30. The summed E-state index contributed by atoms with van der Waals surface area (Å²) >= 11 is 2.27. The molecule has 2 aliphatic rings. The summed E-state index contributed by atoms with van der Waals surface area (Å²) in [6.45, 7) is 0. The second kappa shape index (κ2) is 4.55. The summed E-state index contributed by atoms with van der Waals surface area (Å²) in [4.78, 5) is 0. The lowest BCUT2D eigenvalue weighted by Crippen LogP contribution is -2.22. The third kappa shape index (κ3) is 2.18. The van der Waals surface area contributed by atoms with Gasteiger partial charge in [0.15, 0.2) is 0 Å². The van der Waals surface area contributed by atoms with Crippen LogP contribution in [0, 0.1) is 5.92 Å². The Kier molecular flexibility index (Phi) is 3.38. The van der Waals surface area contributed by atoms with Crippen molar-refractivity contribution in [2.24, 2.45) is 5.92 Å². The molecule has 1 atom stereocenters. The van der Waals surface area contributed by atoms with E-state index in [1.807, 2.05) is 0 Å². The molecular weight excluding hydrogens is 164 g/mol. The van der Waals surface area contributed by atoms with E-state index in [0.717, 1.165) is 11.2 Å². The zero-order valence-corrected chi connectivity index (χ0v) is 8.74. The predicted molar refractivity (Wildman–Crippen MR) is 56.7 cm³/mol. The van der Waals surface area contributed by atoms with Gasteiger partial charge in [-0.3, -0.25) is 0 Å². The van der Waals surface area contributed by atoms with Gasteiger partial charge in [0, 0.05) is 5.25 Å². The van der Waals surface area contributed by atoms with Crippen LogP contribution >= 0.6 is 11.8 Å². The third-order valence-corrected chi connectivity index (χ3v) is 4.96. The van der Waals surface area contributed by atoms with Crippen LogP contribution in [0.25, 0.3) is 0 Å². The summed E-state index contributed by atoms with van der Waals surface area (Å²) < 4.78 is 0. The van der Waals surface area contributed by atoms with E-state index in [2.05, 4.69) is 11.8 Å². The summed E-state index contributed by atoms with van der Waals surface area (Å²) in [5.74, 6) is 2.55. The lowest BCUT2D eigenvalue weighted by molar-refractivity contribution is 0.335. The van der Waals surface area contributed by atoms with E-state index >= 15 is 0 Å². The van der Waals surface area contributed by atoms with Crippen molar-refractivity contribution in [3.05, 3.63) is 0 Å². The molecule has 1 aliphatic carbocycles. The fourth-order valence-electron chi connectivity index (χ4n) is 2.64. The van der Waals surface area contributed by atoms with Crippen LogP contribution in [0.3, 0.4) is 0 Å². The fraction of sp³-hybridized carbons (Fsp3) is 1.00. The Balaban J connectivity index is 1.80. The second-order valence-corrected chi connectivity index (χ2v) is 5.65. The molecule has 0 N–H and O–H groups in total. The van der Waals surface area contributed by atoms with Gasteiger partial charge in [-0.25, -0.2) is 0 Å². The zero-order valence-electron chi connectivity index (χ0n) is 7.93. The highest BCUT2D eigenvalue weighted by atomic mass is 32.2. The molecule has 1 heteroatoms. The van der Waals surface area contributed by atoms with Gasteiger partial charge in [0.25, 0.3) is 0 Å². The first-order valence-electron chi connectivity index (χ1n) is 5.58. The third-order valence-electron chi connectivity index (χ3n) is 3.39. The van der Waals surface area contributed by atoms with E-state index in [4.69, 9.17) is 0 Å². The molecule has 0 amide bonds. The first kappa shape index (κ1) is 8.93. The van der Waals surface area contributed by atoms with E-state index in [9.17, 15) is 0 Å².